The van der Waals surface area contributed by atoms with Crippen LogP contribution in [0.5, 0.6) is 0 Å². The van der Waals surface area contributed by atoms with Gasteiger partial charge in [-0.2, -0.15) is 15.0 Å². The summed E-state index contributed by atoms with van der Waals surface area (Å²) in [5, 5.41) is 8.64. The number of hydrogen-bond donors (Lipinski definition) is 1. The number of nitrogens with two attached hydrogens (primary N) is 1. The summed E-state index contributed by atoms with van der Waals surface area (Å²) >= 11 is 6.24. The fourth-order valence-electron chi connectivity index (χ4n) is 3.32. The quantitative estimate of drug-likeness (QED) is 0.541. The van der Waals surface area contributed by atoms with E-state index >= 15 is 0 Å². The molecule has 1 aromatic carbocycles. The zero-order valence-corrected chi connectivity index (χ0v) is 16.2. The Hall–Kier alpha value is -3.66. The Morgan fingerprint density at radius 2 is 1.79 bits per heavy atom. The van der Waals surface area contributed by atoms with Crippen LogP contribution >= 0.6 is 11.6 Å². The van der Waals surface area contributed by atoms with Gasteiger partial charge in [0.1, 0.15) is 11.3 Å². The van der Waals surface area contributed by atoms with Crippen molar-refractivity contribution in [2.45, 2.75) is 6.92 Å². The molecular formula is C18H16ClN9O. The first-order valence-corrected chi connectivity index (χ1v) is 9.29. The predicted molar refractivity (Wildman–Crippen MR) is 109 cm³/mol. The highest BCUT2D eigenvalue weighted by Crippen LogP contribution is 2.27. The van der Waals surface area contributed by atoms with E-state index < -0.39 is 0 Å². The van der Waals surface area contributed by atoms with E-state index in [1.807, 2.05) is 40.3 Å². The molecule has 0 amide bonds. The lowest BCUT2D eigenvalue weighted by atomic mass is 10.3. The first kappa shape index (κ1) is 17.4. The van der Waals surface area contributed by atoms with E-state index in [1.165, 1.54) is 9.08 Å². The molecule has 10 nitrogen and oxygen atoms in total. The topological polar surface area (TPSA) is 110 Å². The molecule has 4 aromatic rings. The van der Waals surface area contributed by atoms with Crippen LogP contribution in [0.25, 0.3) is 11.2 Å². The van der Waals surface area contributed by atoms with Crippen LogP contribution in [-0.2, 0) is 0 Å². The Morgan fingerprint density at radius 1 is 1.03 bits per heavy atom. The zero-order chi connectivity index (χ0) is 20.1. The fourth-order valence-corrected chi connectivity index (χ4v) is 3.54. The van der Waals surface area contributed by atoms with Gasteiger partial charge in [-0.25, -0.2) is 19.1 Å². The highest BCUT2D eigenvalue weighted by Gasteiger charge is 2.33. The van der Waals surface area contributed by atoms with Gasteiger partial charge < -0.3 is 5.73 Å². The molecule has 0 saturated carbocycles. The smallest absolute Gasteiger partial charge is 0.285 e. The summed E-state index contributed by atoms with van der Waals surface area (Å²) in [7, 11) is 0. The van der Waals surface area contributed by atoms with Crippen molar-refractivity contribution in [3.05, 3.63) is 63.8 Å². The van der Waals surface area contributed by atoms with Crippen LogP contribution in [0.3, 0.4) is 0 Å². The molecule has 11 heteroatoms. The lowest BCUT2D eigenvalue weighted by Crippen LogP contribution is -2.60. The van der Waals surface area contributed by atoms with E-state index in [4.69, 9.17) is 17.3 Å². The molecule has 0 bridgehead atoms. The maximum atomic E-state index is 13.3. The average Bonchev–Trinajstić information content (AvgIpc) is 3.02. The minimum absolute atomic E-state index is 0.139. The molecule has 1 aliphatic rings. The highest BCUT2D eigenvalue weighted by molar-refractivity contribution is 6.33. The minimum Gasteiger partial charge on any atom is -0.368 e. The fraction of sp³-hybridized carbons (Fsp3) is 0.167. The number of anilines is 3. The number of para-hydroxylation sites is 1. The third kappa shape index (κ3) is 2.76. The molecule has 5 rings (SSSR count). The molecule has 2 N–H and O–H groups in total. The zero-order valence-electron chi connectivity index (χ0n) is 15.4. The van der Waals surface area contributed by atoms with Gasteiger partial charge in [-0.1, -0.05) is 29.8 Å². The van der Waals surface area contributed by atoms with Crippen molar-refractivity contribution in [3.63, 3.8) is 0 Å². The molecule has 1 fully saturated rings. The number of benzene rings is 1. The van der Waals surface area contributed by atoms with Crippen LogP contribution in [0.1, 0.15) is 5.82 Å². The second-order valence-corrected chi connectivity index (χ2v) is 6.93. The lowest BCUT2D eigenvalue weighted by molar-refractivity contribution is 0.555. The first-order valence-electron chi connectivity index (χ1n) is 8.91. The summed E-state index contributed by atoms with van der Waals surface area (Å²) in [6.07, 6.45) is 1.66. The van der Waals surface area contributed by atoms with Crippen molar-refractivity contribution in [3.8, 4) is 5.69 Å². The second kappa shape index (κ2) is 6.45. The number of hydrogen-bond acceptors (Lipinski definition) is 8. The van der Waals surface area contributed by atoms with Gasteiger partial charge in [0.2, 0.25) is 11.9 Å². The summed E-state index contributed by atoms with van der Waals surface area (Å²) in [5.74, 6) is 1.48. The van der Waals surface area contributed by atoms with Crippen LogP contribution in [0, 0.1) is 6.92 Å². The van der Waals surface area contributed by atoms with E-state index in [-0.39, 0.29) is 11.5 Å². The van der Waals surface area contributed by atoms with Crippen LogP contribution in [-0.4, -0.2) is 42.2 Å². The Labute approximate surface area is 169 Å². The number of aromatic nitrogens is 6. The Kier molecular flexibility index (Phi) is 3.88. The van der Waals surface area contributed by atoms with Crippen LogP contribution in [0.2, 0.25) is 5.02 Å². The van der Waals surface area contributed by atoms with Gasteiger partial charge in [0.05, 0.1) is 23.8 Å². The number of hydrazine groups is 1. The summed E-state index contributed by atoms with van der Waals surface area (Å²) < 4.78 is 3.02. The van der Waals surface area contributed by atoms with E-state index in [0.717, 1.165) is 0 Å². The maximum absolute atomic E-state index is 13.3. The molecule has 0 atom stereocenters. The Bertz CT molecular complexity index is 1260. The summed E-state index contributed by atoms with van der Waals surface area (Å²) in [6, 6.07) is 10.9. The number of rotatable bonds is 3. The molecule has 0 spiro atoms. The van der Waals surface area contributed by atoms with E-state index in [2.05, 4.69) is 20.1 Å². The summed E-state index contributed by atoms with van der Waals surface area (Å²) in [6.45, 7) is 3.03. The predicted octanol–water partition coefficient (Wildman–Crippen LogP) is 1.46. The van der Waals surface area contributed by atoms with Gasteiger partial charge in [0.25, 0.3) is 11.5 Å². The van der Waals surface area contributed by atoms with Crippen LogP contribution in [0.15, 0.2) is 47.4 Å². The summed E-state index contributed by atoms with van der Waals surface area (Å²) in [4.78, 5) is 25.9. The van der Waals surface area contributed by atoms with Gasteiger partial charge in [-0.05, 0) is 25.1 Å². The molecule has 0 radical (unpaired) electrons. The van der Waals surface area contributed by atoms with Crippen molar-refractivity contribution < 1.29 is 0 Å². The molecular weight excluding hydrogens is 394 g/mol. The molecule has 0 aliphatic carbocycles. The molecule has 0 unspecified atom stereocenters. The van der Waals surface area contributed by atoms with Crippen LogP contribution in [0.4, 0.5) is 17.8 Å². The Balaban J connectivity index is 1.71. The van der Waals surface area contributed by atoms with Gasteiger partial charge >= 0.3 is 0 Å². The third-order valence-corrected chi connectivity index (χ3v) is 4.97. The normalized spacial score (nSPS) is 13.7. The molecule has 4 heterocycles. The standard InChI is InChI=1S/C18H16ClN9O/c1-11-21-16(20)23-17(22-11)26-9-10-27(26)18-24-25-8-7-13(19)14(25)15(29)28(18)12-5-3-2-4-6-12/h2-8H,9-10H2,1H3,(H2,20,21,22,23). The number of aryl methyl sites for hydroxylation is 1. The van der Waals surface area contributed by atoms with Crippen LogP contribution < -0.4 is 21.3 Å². The van der Waals surface area contributed by atoms with Crippen molar-refractivity contribution in [1.29, 1.82) is 0 Å². The van der Waals surface area contributed by atoms with Crippen molar-refractivity contribution in [2.24, 2.45) is 0 Å². The van der Waals surface area contributed by atoms with Gasteiger partial charge in [0.15, 0.2) is 0 Å². The lowest BCUT2D eigenvalue weighted by Gasteiger charge is -2.44. The number of nitrogen functional groups attached to an aromatic ring is 1. The number of fused-ring (bicyclic) bond motifs is 1. The maximum Gasteiger partial charge on any atom is 0.285 e. The molecule has 29 heavy (non-hydrogen) atoms. The number of halogens is 1. The monoisotopic (exact) mass is 409 g/mol. The van der Waals surface area contributed by atoms with Crippen molar-refractivity contribution >= 4 is 35.0 Å². The van der Waals surface area contributed by atoms with Gasteiger partial charge in [-0.15, -0.1) is 5.10 Å². The Morgan fingerprint density at radius 3 is 2.48 bits per heavy atom. The average molecular weight is 410 g/mol. The van der Waals surface area contributed by atoms with E-state index in [1.54, 1.807) is 19.2 Å². The number of nitrogens with zero attached hydrogens (tertiary/aromatic N) is 8. The largest absolute Gasteiger partial charge is 0.368 e. The van der Waals surface area contributed by atoms with Gasteiger partial charge in [-0.3, -0.25) is 4.79 Å². The molecule has 1 aliphatic heterocycles. The van der Waals surface area contributed by atoms with E-state index in [9.17, 15) is 4.79 Å². The van der Waals surface area contributed by atoms with E-state index in [0.29, 0.717) is 47.0 Å². The highest BCUT2D eigenvalue weighted by atomic mass is 35.5. The second-order valence-electron chi connectivity index (χ2n) is 6.52. The van der Waals surface area contributed by atoms with Crippen molar-refractivity contribution in [1.82, 2.24) is 29.1 Å². The van der Waals surface area contributed by atoms with Gasteiger partial charge in [0, 0.05) is 6.20 Å². The third-order valence-electron chi connectivity index (χ3n) is 4.66. The molecule has 3 aromatic heterocycles. The first-order chi connectivity index (χ1) is 14.0. The van der Waals surface area contributed by atoms with Crippen molar-refractivity contribution in [2.75, 3.05) is 28.8 Å². The SMILES string of the molecule is Cc1nc(N)nc(N2CCN2c2nn3ccc(Cl)c3c(=O)n2-c2ccccc2)n1. The molecule has 1 saturated heterocycles. The minimum atomic E-state index is -0.269. The molecule has 146 valence electrons. The summed E-state index contributed by atoms with van der Waals surface area (Å²) in [5.41, 5.74) is 6.51.